The summed E-state index contributed by atoms with van der Waals surface area (Å²) >= 11 is 0. The highest BCUT2D eigenvalue weighted by Crippen LogP contribution is 2.43. The Kier molecular flexibility index (Phi) is 50.3. The molecule has 9 nitrogen and oxygen atoms in total. The van der Waals surface area contributed by atoms with Gasteiger partial charge in [0.25, 0.3) is 0 Å². The van der Waals surface area contributed by atoms with E-state index in [1.165, 1.54) is 0 Å². The minimum atomic E-state index is -4.41. The minimum Gasteiger partial charge on any atom is -0.462 e. The van der Waals surface area contributed by atoms with E-state index in [0.717, 1.165) is 141 Å². The molecule has 0 saturated carbocycles. The number of rotatable bonds is 49. The smallest absolute Gasteiger partial charge is 0.462 e. The number of esters is 2. The molecular weight excluding hydrogens is 942 g/mol. The summed E-state index contributed by atoms with van der Waals surface area (Å²) in [4.78, 5) is 35.6. The third kappa shape index (κ3) is 56.9. The molecule has 0 aliphatic carbocycles. The number of nitrogens with zero attached hydrogens (tertiary/aromatic N) is 1. The molecule has 0 aromatic carbocycles. The molecule has 0 saturated heterocycles. The molecule has 74 heavy (non-hydrogen) atoms. The van der Waals surface area contributed by atoms with Crippen LogP contribution in [-0.2, 0) is 32.7 Å². The van der Waals surface area contributed by atoms with E-state index in [2.05, 4.69) is 172 Å². The molecule has 0 rings (SSSR count). The van der Waals surface area contributed by atoms with Gasteiger partial charge in [-0.1, -0.05) is 204 Å². The van der Waals surface area contributed by atoms with Gasteiger partial charge in [-0.25, -0.2) is 4.57 Å². The topological polar surface area (TPSA) is 108 Å². The first-order chi connectivity index (χ1) is 36.0. The van der Waals surface area contributed by atoms with Crippen molar-refractivity contribution in [3.63, 3.8) is 0 Å². The predicted molar refractivity (Wildman–Crippen MR) is 316 cm³/mol. The van der Waals surface area contributed by atoms with Gasteiger partial charge in [-0.15, -0.1) is 0 Å². The fourth-order valence-corrected chi connectivity index (χ4v) is 7.50. The van der Waals surface area contributed by atoms with Crippen LogP contribution in [-0.4, -0.2) is 74.9 Å². The van der Waals surface area contributed by atoms with Crippen LogP contribution in [0.2, 0.25) is 0 Å². The summed E-state index contributed by atoms with van der Waals surface area (Å²) < 4.78 is 34.5. The van der Waals surface area contributed by atoms with Gasteiger partial charge in [0, 0.05) is 12.8 Å². The fraction of sp³-hybridized carbons (Fsp3) is 0.562. The number of phosphoric ester groups is 1. The number of quaternary nitrogens is 1. The van der Waals surface area contributed by atoms with Crippen molar-refractivity contribution in [2.45, 2.75) is 187 Å². The molecule has 0 spiro atoms. The van der Waals surface area contributed by atoms with Gasteiger partial charge in [0.05, 0.1) is 27.7 Å². The Morgan fingerprint density at radius 1 is 0.419 bits per heavy atom. The minimum absolute atomic E-state index is 0.0128. The van der Waals surface area contributed by atoms with Crippen molar-refractivity contribution in [2.75, 3.05) is 47.5 Å². The molecule has 2 unspecified atom stereocenters. The van der Waals surface area contributed by atoms with Crippen molar-refractivity contribution in [1.29, 1.82) is 0 Å². The van der Waals surface area contributed by atoms with E-state index in [1.807, 2.05) is 21.1 Å². The highest BCUT2D eigenvalue weighted by atomic mass is 31.2. The van der Waals surface area contributed by atoms with Gasteiger partial charge in [-0.05, 0) is 122 Å². The average Bonchev–Trinajstić information content (AvgIpc) is 3.36. The van der Waals surface area contributed by atoms with Crippen LogP contribution >= 0.6 is 7.82 Å². The Morgan fingerprint density at radius 2 is 0.730 bits per heavy atom. The van der Waals surface area contributed by atoms with Crippen molar-refractivity contribution in [3.8, 4) is 0 Å². The third-order valence-electron chi connectivity index (χ3n) is 11.1. The van der Waals surface area contributed by atoms with Crippen molar-refractivity contribution in [1.82, 2.24) is 0 Å². The summed E-state index contributed by atoms with van der Waals surface area (Å²) in [6.45, 7) is 4.11. The lowest BCUT2D eigenvalue weighted by Crippen LogP contribution is -2.37. The Balaban J connectivity index is 4.32. The zero-order chi connectivity index (χ0) is 54.2. The van der Waals surface area contributed by atoms with Crippen LogP contribution in [0.25, 0.3) is 0 Å². The largest absolute Gasteiger partial charge is 0.472 e. The van der Waals surface area contributed by atoms with Gasteiger partial charge >= 0.3 is 19.8 Å². The van der Waals surface area contributed by atoms with Crippen LogP contribution in [0.1, 0.15) is 181 Å². The first kappa shape index (κ1) is 69.6. The SMILES string of the molecule is CC/C=C\C/C=C\C/C=C\C/C=C\C/C=C\C/C=C\C/C=C\C/C=C\CCCCCCCCC(=O)OC(COC(=O)CCCCC/C=C\C/C=C\C/C=C\C/C=C\C/C=C\CC)COP(=O)(O)OCC[N+](C)(C)C. The van der Waals surface area contributed by atoms with Crippen molar-refractivity contribution < 1.29 is 42.1 Å². The number of carbonyl (C=O) groups excluding carboxylic acids is 2. The second-order valence-electron chi connectivity index (χ2n) is 19.2. The Bertz CT molecular complexity index is 1800. The zero-order valence-corrected chi connectivity index (χ0v) is 47.9. The summed E-state index contributed by atoms with van der Waals surface area (Å²) in [6.07, 6.45) is 80.2. The molecule has 0 radical (unpaired) electrons. The average molecular weight is 1050 g/mol. The van der Waals surface area contributed by atoms with E-state index in [0.29, 0.717) is 23.9 Å². The van der Waals surface area contributed by atoms with Gasteiger partial charge in [-0.3, -0.25) is 18.6 Å². The Hall–Kier alpha value is -4.37. The number of allylic oxidation sites excluding steroid dienone is 26. The highest BCUT2D eigenvalue weighted by Gasteiger charge is 2.27. The van der Waals surface area contributed by atoms with Crippen LogP contribution in [0.5, 0.6) is 0 Å². The molecule has 0 fully saturated rings. The number of likely N-dealkylation sites (N-methyl/N-ethyl adjacent to an activating group) is 1. The van der Waals surface area contributed by atoms with E-state index in [4.69, 9.17) is 18.5 Å². The number of hydrogen-bond donors (Lipinski definition) is 1. The summed E-state index contributed by atoms with van der Waals surface area (Å²) in [5.41, 5.74) is 0. The van der Waals surface area contributed by atoms with Crippen LogP contribution in [0, 0.1) is 0 Å². The lowest BCUT2D eigenvalue weighted by molar-refractivity contribution is -0.870. The van der Waals surface area contributed by atoms with Crippen LogP contribution in [0.3, 0.4) is 0 Å². The Labute approximate surface area is 452 Å². The molecule has 2 atom stereocenters. The molecule has 0 aromatic rings. The quantitative estimate of drug-likeness (QED) is 0.0211. The normalized spacial score (nSPS) is 14.5. The summed E-state index contributed by atoms with van der Waals surface area (Å²) in [6, 6.07) is 0. The molecule has 0 amide bonds. The van der Waals surface area contributed by atoms with Gasteiger partial charge in [0.2, 0.25) is 0 Å². The van der Waals surface area contributed by atoms with E-state index < -0.39 is 32.5 Å². The predicted octanol–water partition coefficient (Wildman–Crippen LogP) is 17.7. The van der Waals surface area contributed by atoms with Crippen molar-refractivity contribution >= 4 is 19.8 Å². The van der Waals surface area contributed by atoms with Crippen LogP contribution < -0.4 is 0 Å². The van der Waals surface area contributed by atoms with Gasteiger partial charge in [0.15, 0.2) is 6.10 Å². The third-order valence-corrected chi connectivity index (χ3v) is 12.0. The summed E-state index contributed by atoms with van der Waals surface area (Å²) in [5, 5.41) is 0. The molecule has 1 N–H and O–H groups in total. The second-order valence-corrected chi connectivity index (χ2v) is 20.7. The molecule has 0 aromatic heterocycles. The highest BCUT2D eigenvalue weighted by molar-refractivity contribution is 7.47. The number of unbranched alkanes of at least 4 members (excludes halogenated alkanes) is 9. The number of carbonyl (C=O) groups is 2. The molecule has 416 valence electrons. The lowest BCUT2D eigenvalue weighted by Gasteiger charge is -2.24. The first-order valence-electron chi connectivity index (χ1n) is 28.2. The van der Waals surface area contributed by atoms with Crippen LogP contribution in [0.4, 0.5) is 0 Å². The van der Waals surface area contributed by atoms with E-state index in [1.54, 1.807) is 0 Å². The summed E-state index contributed by atoms with van der Waals surface area (Å²) in [7, 11) is 1.42. The molecular formula is C64H103NO8P+. The maximum atomic E-state index is 12.8. The standard InChI is InChI=1S/C64H102NO8P/c1-6-8-10-12-14-16-18-20-22-24-26-27-28-29-30-31-32-33-34-35-36-37-39-41-43-45-47-49-51-53-55-57-64(67)73-62(61-72-74(68,69)71-59-58-65(3,4)5)60-70-63(66)56-54-52-50-48-46-44-42-40-38-25-23-21-19-17-15-13-11-9-7-2/h8-11,14-17,20-23,26-27,29-30,32-33,35-36,38-41,44,46,62H,6-7,12-13,18-19,24-25,28,31,34,37,42-43,45,47-61H2,1-5H3/p+1/b10-8-,11-9-,16-14-,17-15-,22-20-,23-21-,27-26-,30-29-,33-32-,36-35-,40-38-,41-39-,46-44-. The fourth-order valence-electron chi connectivity index (χ4n) is 6.76. The summed E-state index contributed by atoms with van der Waals surface area (Å²) in [5.74, 6) is -0.868. The van der Waals surface area contributed by atoms with E-state index in [-0.39, 0.29) is 26.1 Å². The number of hydrogen-bond acceptors (Lipinski definition) is 7. The monoisotopic (exact) mass is 1040 g/mol. The lowest BCUT2D eigenvalue weighted by atomic mass is 10.1. The van der Waals surface area contributed by atoms with Crippen molar-refractivity contribution in [3.05, 3.63) is 158 Å². The van der Waals surface area contributed by atoms with Gasteiger partial charge in [0.1, 0.15) is 19.8 Å². The van der Waals surface area contributed by atoms with E-state index >= 15 is 0 Å². The van der Waals surface area contributed by atoms with Crippen molar-refractivity contribution in [2.24, 2.45) is 0 Å². The molecule has 0 aliphatic rings. The molecule has 0 bridgehead atoms. The molecule has 0 heterocycles. The number of ether oxygens (including phenoxy) is 2. The maximum absolute atomic E-state index is 12.8. The number of phosphoric acid groups is 1. The Morgan fingerprint density at radius 3 is 1.09 bits per heavy atom. The van der Waals surface area contributed by atoms with Gasteiger partial charge < -0.3 is 18.9 Å². The first-order valence-corrected chi connectivity index (χ1v) is 29.7. The van der Waals surface area contributed by atoms with E-state index in [9.17, 15) is 19.0 Å². The second kappa shape index (κ2) is 53.5. The van der Waals surface area contributed by atoms with Gasteiger partial charge in [-0.2, -0.15) is 0 Å². The zero-order valence-electron chi connectivity index (χ0n) is 47.0. The van der Waals surface area contributed by atoms with Crippen LogP contribution in [0.15, 0.2) is 158 Å². The molecule has 10 heteroatoms. The maximum Gasteiger partial charge on any atom is 0.472 e. The molecule has 0 aliphatic heterocycles.